The quantitative estimate of drug-likeness (QED) is 0.872. The number of aryl methyl sites for hydroxylation is 1. The van der Waals surface area contributed by atoms with Crippen LogP contribution in [-0.4, -0.2) is 18.0 Å². The third-order valence-corrected chi connectivity index (χ3v) is 4.49. The van der Waals surface area contributed by atoms with Gasteiger partial charge in [0.25, 0.3) is 0 Å². The van der Waals surface area contributed by atoms with Crippen molar-refractivity contribution in [3.8, 4) is 0 Å². The fourth-order valence-electron chi connectivity index (χ4n) is 2.34. The highest BCUT2D eigenvalue weighted by molar-refractivity contribution is 7.12. The van der Waals surface area contributed by atoms with Crippen LogP contribution in [0, 0.1) is 6.92 Å². The van der Waals surface area contributed by atoms with Crippen LogP contribution < -0.4 is 5.73 Å². The fraction of sp³-hybridized carbons (Fsp3) is 0.375. The minimum absolute atomic E-state index is 0.323. The molecule has 1 aromatic heterocycles. The van der Waals surface area contributed by atoms with Gasteiger partial charge in [-0.1, -0.05) is 37.3 Å². The maximum absolute atomic E-state index is 6.01. The first-order chi connectivity index (χ1) is 9.24. The van der Waals surface area contributed by atoms with Crippen LogP contribution in [0.2, 0.25) is 0 Å². The molecule has 0 aliphatic heterocycles. The standard InChI is InChI=1S/C16H22N2S/c1-3-18(12-14-7-5-4-6-8-14)15(11-17)16-10-9-13(2)19-16/h4-10,15H,3,11-12,17H2,1-2H3. The first kappa shape index (κ1) is 14.3. The molecule has 0 spiro atoms. The van der Waals surface area contributed by atoms with Crippen LogP contribution in [0.15, 0.2) is 42.5 Å². The maximum Gasteiger partial charge on any atom is 0.0567 e. The van der Waals surface area contributed by atoms with Gasteiger partial charge < -0.3 is 5.73 Å². The third kappa shape index (κ3) is 3.66. The molecule has 3 heteroatoms. The van der Waals surface area contributed by atoms with Crippen LogP contribution in [0.5, 0.6) is 0 Å². The lowest BCUT2D eigenvalue weighted by Gasteiger charge is -2.29. The van der Waals surface area contributed by atoms with E-state index in [1.807, 2.05) is 11.3 Å². The molecule has 0 aliphatic carbocycles. The highest BCUT2D eigenvalue weighted by Gasteiger charge is 2.19. The Bertz CT molecular complexity index is 492. The van der Waals surface area contributed by atoms with Crippen molar-refractivity contribution in [2.24, 2.45) is 5.73 Å². The first-order valence-corrected chi connectivity index (χ1v) is 7.60. The number of rotatable bonds is 6. The van der Waals surface area contributed by atoms with Gasteiger partial charge >= 0.3 is 0 Å². The van der Waals surface area contributed by atoms with Gasteiger partial charge in [0.05, 0.1) is 6.04 Å². The second-order valence-corrected chi connectivity index (χ2v) is 6.07. The average molecular weight is 274 g/mol. The molecule has 2 N–H and O–H groups in total. The molecule has 1 unspecified atom stereocenters. The van der Waals surface area contributed by atoms with Gasteiger partial charge in [-0.2, -0.15) is 0 Å². The molecule has 1 atom stereocenters. The number of hydrogen-bond donors (Lipinski definition) is 1. The molecule has 1 aromatic carbocycles. The Morgan fingerprint density at radius 2 is 1.89 bits per heavy atom. The zero-order valence-electron chi connectivity index (χ0n) is 11.7. The zero-order valence-corrected chi connectivity index (χ0v) is 12.5. The summed E-state index contributed by atoms with van der Waals surface area (Å²) in [6.07, 6.45) is 0. The van der Waals surface area contributed by atoms with E-state index in [2.05, 4.69) is 61.2 Å². The van der Waals surface area contributed by atoms with Crippen molar-refractivity contribution in [2.75, 3.05) is 13.1 Å². The predicted octanol–water partition coefficient (Wildman–Crippen LogP) is 3.58. The summed E-state index contributed by atoms with van der Waals surface area (Å²) in [5, 5.41) is 0. The molecule has 0 aliphatic rings. The van der Waals surface area contributed by atoms with Crippen molar-refractivity contribution < 1.29 is 0 Å². The molecular formula is C16H22N2S. The molecule has 1 heterocycles. The van der Waals surface area contributed by atoms with E-state index in [9.17, 15) is 0 Å². The Labute approximate surface area is 119 Å². The van der Waals surface area contributed by atoms with Gasteiger partial charge in [-0.15, -0.1) is 11.3 Å². The molecule has 102 valence electrons. The summed E-state index contributed by atoms with van der Waals surface area (Å²) in [6.45, 7) is 6.98. The van der Waals surface area contributed by atoms with Crippen molar-refractivity contribution in [3.05, 3.63) is 57.8 Å². The molecule has 2 rings (SSSR count). The van der Waals surface area contributed by atoms with E-state index in [0.717, 1.165) is 13.1 Å². The molecule has 0 radical (unpaired) electrons. The molecule has 19 heavy (non-hydrogen) atoms. The lowest BCUT2D eigenvalue weighted by Crippen LogP contribution is -2.32. The fourth-order valence-corrected chi connectivity index (χ4v) is 3.36. The predicted molar refractivity (Wildman–Crippen MR) is 83.4 cm³/mol. The minimum atomic E-state index is 0.323. The summed E-state index contributed by atoms with van der Waals surface area (Å²) >= 11 is 1.85. The normalized spacial score (nSPS) is 12.8. The van der Waals surface area contributed by atoms with E-state index >= 15 is 0 Å². The van der Waals surface area contributed by atoms with E-state index in [4.69, 9.17) is 5.73 Å². The minimum Gasteiger partial charge on any atom is -0.329 e. The summed E-state index contributed by atoms with van der Waals surface area (Å²) in [6, 6.07) is 15.3. The Hall–Kier alpha value is -1.16. The largest absolute Gasteiger partial charge is 0.329 e. The second kappa shape index (κ2) is 6.85. The monoisotopic (exact) mass is 274 g/mol. The Morgan fingerprint density at radius 1 is 1.16 bits per heavy atom. The van der Waals surface area contributed by atoms with Crippen LogP contribution in [-0.2, 0) is 6.54 Å². The topological polar surface area (TPSA) is 29.3 Å². The summed E-state index contributed by atoms with van der Waals surface area (Å²) in [7, 11) is 0. The van der Waals surface area contributed by atoms with Crippen molar-refractivity contribution >= 4 is 11.3 Å². The van der Waals surface area contributed by atoms with E-state index in [1.54, 1.807) is 0 Å². The number of benzene rings is 1. The highest BCUT2D eigenvalue weighted by atomic mass is 32.1. The van der Waals surface area contributed by atoms with Crippen LogP contribution in [0.3, 0.4) is 0 Å². The lowest BCUT2D eigenvalue weighted by atomic mass is 10.1. The van der Waals surface area contributed by atoms with E-state index < -0.39 is 0 Å². The number of nitrogens with zero attached hydrogens (tertiary/aromatic N) is 1. The van der Waals surface area contributed by atoms with Gasteiger partial charge in [-0.25, -0.2) is 0 Å². The van der Waals surface area contributed by atoms with Gasteiger partial charge in [0.15, 0.2) is 0 Å². The van der Waals surface area contributed by atoms with Gasteiger partial charge in [-0.05, 0) is 31.2 Å². The molecule has 0 fully saturated rings. The van der Waals surface area contributed by atoms with Crippen LogP contribution in [0.4, 0.5) is 0 Å². The van der Waals surface area contributed by atoms with Crippen molar-refractivity contribution in [1.82, 2.24) is 4.90 Å². The summed E-state index contributed by atoms with van der Waals surface area (Å²) in [5.41, 5.74) is 7.35. The summed E-state index contributed by atoms with van der Waals surface area (Å²) in [4.78, 5) is 5.17. The summed E-state index contributed by atoms with van der Waals surface area (Å²) < 4.78 is 0. The SMILES string of the molecule is CCN(Cc1ccccc1)C(CN)c1ccc(C)s1. The number of nitrogens with two attached hydrogens (primary N) is 1. The third-order valence-electron chi connectivity index (χ3n) is 3.39. The molecule has 2 aromatic rings. The van der Waals surface area contributed by atoms with Gasteiger partial charge in [0, 0.05) is 22.8 Å². The number of thiophene rings is 1. The van der Waals surface area contributed by atoms with E-state index in [-0.39, 0.29) is 0 Å². The van der Waals surface area contributed by atoms with Gasteiger partial charge in [0.1, 0.15) is 0 Å². The van der Waals surface area contributed by atoms with Crippen molar-refractivity contribution in [3.63, 3.8) is 0 Å². The number of hydrogen-bond acceptors (Lipinski definition) is 3. The van der Waals surface area contributed by atoms with Crippen LogP contribution >= 0.6 is 11.3 Å². The molecule has 2 nitrogen and oxygen atoms in total. The average Bonchev–Trinajstić information content (AvgIpc) is 2.86. The zero-order chi connectivity index (χ0) is 13.7. The van der Waals surface area contributed by atoms with E-state index in [0.29, 0.717) is 12.6 Å². The molecule has 0 bridgehead atoms. The Balaban J connectivity index is 2.15. The van der Waals surface area contributed by atoms with Gasteiger partial charge in [-0.3, -0.25) is 4.90 Å². The Morgan fingerprint density at radius 3 is 2.42 bits per heavy atom. The van der Waals surface area contributed by atoms with Gasteiger partial charge in [0.2, 0.25) is 0 Å². The molecule has 0 saturated carbocycles. The Kier molecular flexibility index (Phi) is 5.14. The molecule has 0 amide bonds. The second-order valence-electron chi connectivity index (χ2n) is 4.75. The van der Waals surface area contributed by atoms with Crippen molar-refractivity contribution in [1.29, 1.82) is 0 Å². The van der Waals surface area contributed by atoms with Crippen LogP contribution in [0.25, 0.3) is 0 Å². The number of likely N-dealkylation sites (N-methyl/N-ethyl adjacent to an activating group) is 1. The van der Waals surface area contributed by atoms with Crippen LogP contribution in [0.1, 0.15) is 28.3 Å². The highest BCUT2D eigenvalue weighted by Crippen LogP contribution is 2.27. The smallest absolute Gasteiger partial charge is 0.0567 e. The lowest BCUT2D eigenvalue weighted by molar-refractivity contribution is 0.206. The van der Waals surface area contributed by atoms with Crippen molar-refractivity contribution in [2.45, 2.75) is 26.4 Å². The molecule has 0 saturated heterocycles. The molecular weight excluding hydrogens is 252 g/mol. The summed E-state index contributed by atoms with van der Waals surface area (Å²) in [5.74, 6) is 0. The first-order valence-electron chi connectivity index (χ1n) is 6.79. The maximum atomic E-state index is 6.01. The van der Waals surface area contributed by atoms with E-state index in [1.165, 1.54) is 15.3 Å².